The first-order valence-electron chi connectivity index (χ1n) is 7.37. The molecule has 1 aromatic heterocycles. The van der Waals surface area contributed by atoms with Gasteiger partial charge in [0.1, 0.15) is 11.4 Å². The summed E-state index contributed by atoms with van der Waals surface area (Å²) in [6.07, 6.45) is 0.568. The number of nitrogens with one attached hydrogen (secondary N) is 3. The zero-order chi connectivity index (χ0) is 16.6. The number of amides is 1. The summed E-state index contributed by atoms with van der Waals surface area (Å²) < 4.78 is 14.6. The first-order valence-corrected chi connectivity index (χ1v) is 7.37. The van der Waals surface area contributed by atoms with Crippen molar-refractivity contribution in [3.63, 3.8) is 0 Å². The predicted octanol–water partition coefficient (Wildman–Crippen LogP) is 1.85. The van der Waals surface area contributed by atoms with Gasteiger partial charge in [0.05, 0.1) is 11.4 Å². The van der Waals surface area contributed by atoms with Crippen LogP contribution in [0.4, 0.5) is 10.1 Å². The number of H-pyrrole nitrogens is 1. The van der Waals surface area contributed by atoms with Crippen LogP contribution in [0.25, 0.3) is 0 Å². The van der Waals surface area contributed by atoms with Crippen LogP contribution in [0.15, 0.2) is 16.9 Å². The van der Waals surface area contributed by atoms with Gasteiger partial charge < -0.3 is 10.6 Å². The van der Waals surface area contributed by atoms with E-state index >= 15 is 0 Å². The second kappa shape index (κ2) is 7.11. The molecule has 1 aliphatic heterocycles. The highest BCUT2D eigenvalue weighted by Crippen LogP contribution is 2.25. The summed E-state index contributed by atoms with van der Waals surface area (Å²) in [7, 11) is 0. The SMILES string of the molecule is Cc1n[nH]c(=O)c(C(=O)Nc2ccc3c(c2F)CCNC3)c1C.Cl. The molecule has 0 radical (unpaired) electrons. The highest BCUT2D eigenvalue weighted by atomic mass is 35.5. The monoisotopic (exact) mass is 352 g/mol. The first-order chi connectivity index (χ1) is 11.0. The molecule has 0 bridgehead atoms. The number of hydrogen-bond donors (Lipinski definition) is 3. The topological polar surface area (TPSA) is 86.9 Å². The van der Waals surface area contributed by atoms with Gasteiger partial charge in [0.15, 0.2) is 0 Å². The van der Waals surface area contributed by atoms with Gasteiger partial charge in [-0.25, -0.2) is 9.49 Å². The number of carbonyl (C=O) groups excluding carboxylic acids is 1. The van der Waals surface area contributed by atoms with E-state index in [0.717, 1.165) is 5.56 Å². The first kappa shape index (κ1) is 18.1. The van der Waals surface area contributed by atoms with Crippen molar-refractivity contribution in [2.75, 3.05) is 11.9 Å². The van der Waals surface area contributed by atoms with Crippen molar-refractivity contribution in [3.8, 4) is 0 Å². The minimum absolute atomic E-state index is 0. The molecule has 0 fully saturated rings. The highest BCUT2D eigenvalue weighted by molar-refractivity contribution is 6.05. The van der Waals surface area contributed by atoms with Crippen molar-refractivity contribution in [1.82, 2.24) is 15.5 Å². The third-order valence-corrected chi connectivity index (χ3v) is 4.15. The summed E-state index contributed by atoms with van der Waals surface area (Å²) in [5.74, 6) is -1.07. The molecule has 3 rings (SSSR count). The Kier molecular flexibility index (Phi) is 5.36. The third-order valence-electron chi connectivity index (χ3n) is 4.15. The molecule has 0 spiro atoms. The van der Waals surface area contributed by atoms with Crippen LogP contribution in [0.3, 0.4) is 0 Å². The second-order valence-electron chi connectivity index (χ2n) is 5.58. The number of aryl methyl sites for hydroxylation is 1. The molecule has 0 aliphatic carbocycles. The van der Waals surface area contributed by atoms with Gasteiger partial charge >= 0.3 is 0 Å². The Balaban J connectivity index is 0.00000208. The number of benzene rings is 1. The van der Waals surface area contributed by atoms with E-state index in [2.05, 4.69) is 20.8 Å². The maximum absolute atomic E-state index is 14.6. The largest absolute Gasteiger partial charge is 0.319 e. The second-order valence-corrected chi connectivity index (χ2v) is 5.58. The molecule has 2 heterocycles. The fraction of sp³-hybridized carbons (Fsp3) is 0.312. The van der Waals surface area contributed by atoms with Gasteiger partial charge in [0, 0.05) is 6.54 Å². The van der Waals surface area contributed by atoms with E-state index < -0.39 is 17.3 Å². The molecule has 3 N–H and O–H groups in total. The van der Waals surface area contributed by atoms with Gasteiger partial charge in [-0.2, -0.15) is 5.10 Å². The van der Waals surface area contributed by atoms with E-state index in [4.69, 9.17) is 0 Å². The lowest BCUT2D eigenvalue weighted by Gasteiger charge is -2.19. The average Bonchev–Trinajstić information content (AvgIpc) is 2.54. The molecular weight excluding hydrogens is 335 g/mol. The minimum Gasteiger partial charge on any atom is -0.319 e. The lowest BCUT2D eigenvalue weighted by molar-refractivity contribution is 0.102. The average molecular weight is 353 g/mol. The molecule has 6 nitrogen and oxygen atoms in total. The van der Waals surface area contributed by atoms with Crippen molar-refractivity contribution < 1.29 is 9.18 Å². The number of aromatic amines is 1. The number of aromatic nitrogens is 2. The molecule has 24 heavy (non-hydrogen) atoms. The Bertz CT molecular complexity index is 851. The molecule has 128 valence electrons. The van der Waals surface area contributed by atoms with Gasteiger partial charge in [-0.05, 0) is 49.6 Å². The van der Waals surface area contributed by atoms with Crippen molar-refractivity contribution in [2.24, 2.45) is 0 Å². The van der Waals surface area contributed by atoms with Crippen LogP contribution in [0.1, 0.15) is 32.7 Å². The summed E-state index contributed by atoms with van der Waals surface area (Å²) in [5, 5.41) is 11.7. The lowest BCUT2D eigenvalue weighted by atomic mass is 9.99. The third kappa shape index (κ3) is 3.18. The molecule has 1 amide bonds. The van der Waals surface area contributed by atoms with Crippen LogP contribution in [0.2, 0.25) is 0 Å². The molecule has 1 aromatic carbocycles. The number of carbonyl (C=O) groups is 1. The summed E-state index contributed by atoms with van der Waals surface area (Å²) in [6, 6.07) is 3.31. The normalized spacial score (nSPS) is 13.0. The van der Waals surface area contributed by atoms with Crippen LogP contribution < -0.4 is 16.2 Å². The number of nitrogens with zero attached hydrogens (tertiary/aromatic N) is 1. The Hall–Kier alpha value is -2.25. The van der Waals surface area contributed by atoms with Gasteiger partial charge in [-0.3, -0.25) is 9.59 Å². The van der Waals surface area contributed by atoms with Crippen LogP contribution in [0.5, 0.6) is 0 Å². The van der Waals surface area contributed by atoms with Gasteiger partial charge in [0.25, 0.3) is 11.5 Å². The Morgan fingerprint density at radius 2 is 2.08 bits per heavy atom. The number of hydrogen-bond acceptors (Lipinski definition) is 4. The molecule has 0 unspecified atom stereocenters. The number of anilines is 1. The summed E-state index contributed by atoms with van der Waals surface area (Å²) >= 11 is 0. The van der Waals surface area contributed by atoms with Crippen molar-refractivity contribution in [3.05, 3.63) is 56.3 Å². The Morgan fingerprint density at radius 1 is 1.33 bits per heavy atom. The van der Waals surface area contributed by atoms with Gasteiger partial charge in [-0.15, -0.1) is 12.4 Å². The smallest absolute Gasteiger partial charge is 0.277 e. The van der Waals surface area contributed by atoms with Crippen LogP contribution in [0, 0.1) is 19.7 Å². The standard InChI is InChI=1S/C16H17FN4O2.ClH/c1-8-9(2)20-21-16(23)13(8)15(22)19-12-4-3-10-7-18-6-5-11(10)14(12)17;/h3-4,18H,5-7H2,1-2H3,(H,19,22)(H,21,23);1H. The van der Waals surface area contributed by atoms with E-state index in [0.29, 0.717) is 36.3 Å². The molecule has 2 aromatic rings. The summed E-state index contributed by atoms with van der Waals surface area (Å²) in [4.78, 5) is 24.3. The predicted molar refractivity (Wildman–Crippen MR) is 91.3 cm³/mol. The number of rotatable bonds is 2. The molecular formula is C16H18ClFN4O2. The lowest BCUT2D eigenvalue weighted by Crippen LogP contribution is -2.28. The quantitative estimate of drug-likeness (QED) is 0.769. The van der Waals surface area contributed by atoms with E-state index in [-0.39, 0.29) is 23.7 Å². The summed E-state index contributed by atoms with van der Waals surface area (Å²) in [5.41, 5.74) is 1.98. The Labute approximate surface area is 144 Å². The van der Waals surface area contributed by atoms with Gasteiger partial charge in [0.2, 0.25) is 0 Å². The number of halogens is 2. The van der Waals surface area contributed by atoms with Gasteiger partial charge in [-0.1, -0.05) is 6.07 Å². The van der Waals surface area contributed by atoms with Crippen LogP contribution in [-0.4, -0.2) is 22.6 Å². The molecule has 1 aliphatic rings. The number of fused-ring (bicyclic) bond motifs is 1. The summed E-state index contributed by atoms with van der Waals surface area (Å²) in [6.45, 7) is 4.64. The Morgan fingerprint density at radius 3 is 2.83 bits per heavy atom. The van der Waals surface area contributed by atoms with Crippen molar-refractivity contribution in [1.29, 1.82) is 0 Å². The van der Waals surface area contributed by atoms with Crippen molar-refractivity contribution >= 4 is 24.0 Å². The van der Waals surface area contributed by atoms with E-state index in [1.807, 2.05) is 0 Å². The maximum atomic E-state index is 14.6. The van der Waals surface area contributed by atoms with Crippen molar-refractivity contribution in [2.45, 2.75) is 26.8 Å². The molecule has 0 saturated heterocycles. The van der Waals surface area contributed by atoms with E-state index in [9.17, 15) is 14.0 Å². The van der Waals surface area contributed by atoms with Crippen LogP contribution in [-0.2, 0) is 13.0 Å². The maximum Gasteiger partial charge on any atom is 0.277 e. The fourth-order valence-electron chi connectivity index (χ4n) is 2.71. The van der Waals surface area contributed by atoms with E-state index in [1.165, 1.54) is 6.07 Å². The highest BCUT2D eigenvalue weighted by Gasteiger charge is 2.20. The zero-order valence-corrected chi connectivity index (χ0v) is 14.1. The molecule has 0 saturated carbocycles. The minimum atomic E-state index is -0.637. The molecule has 8 heteroatoms. The van der Waals surface area contributed by atoms with E-state index in [1.54, 1.807) is 19.9 Å². The molecule has 0 atom stereocenters. The van der Waals surface area contributed by atoms with Crippen LogP contribution >= 0.6 is 12.4 Å². The fourth-order valence-corrected chi connectivity index (χ4v) is 2.71. The zero-order valence-electron chi connectivity index (χ0n) is 13.3.